The monoisotopic (exact) mass is 490 g/mol. The predicted octanol–water partition coefficient (Wildman–Crippen LogP) is 3.56. The van der Waals surface area contributed by atoms with E-state index in [-0.39, 0.29) is 25.4 Å². The molecule has 4 rings (SSSR count). The fraction of sp³-hybridized carbons (Fsp3) is 0.370. The lowest BCUT2D eigenvalue weighted by atomic mass is 10.00. The van der Waals surface area contributed by atoms with Gasteiger partial charge in [-0.25, -0.2) is 14.4 Å². The van der Waals surface area contributed by atoms with E-state index in [0.29, 0.717) is 23.3 Å². The van der Waals surface area contributed by atoms with Crippen LogP contribution in [-0.2, 0) is 9.59 Å². The molecule has 0 aliphatic carbocycles. The normalized spacial score (nSPS) is 18.2. The number of alkyl halides is 1. The Kier molecular flexibility index (Phi) is 7.87. The molecule has 3 atom stereocenters. The van der Waals surface area contributed by atoms with Gasteiger partial charge >= 0.3 is 0 Å². The number of aryl methyl sites for hydroxylation is 1. The fourth-order valence-electron chi connectivity index (χ4n) is 4.27. The first-order chi connectivity index (χ1) is 17.3. The number of hydrogen-bond donors (Lipinski definition) is 2. The molecule has 0 unspecified atom stereocenters. The molecule has 2 amide bonds. The molecule has 0 radical (unpaired) electrons. The lowest BCUT2D eigenvalue weighted by Gasteiger charge is -2.27. The van der Waals surface area contributed by atoms with Crippen LogP contribution in [0.25, 0.3) is 0 Å². The summed E-state index contributed by atoms with van der Waals surface area (Å²) in [5.74, 6) is 0.604. The van der Waals surface area contributed by atoms with E-state index >= 15 is 0 Å². The standard InChI is InChI=1S/C27H31FN6O2/c1-17(2)20-9-10-22(30-14-20)26(19-7-5-4-6-8-19)33-27(36)23-13-21(28)16-34(23)25(35)15-31-24-11-12-29-18(3)32-24/h4-12,14,17,21,23,26H,13,15-16H2,1-3H3,(H,33,36)(H,29,31,32)/t21-,23+,26+/m1/s1. The minimum Gasteiger partial charge on any atom is -0.361 e. The first-order valence-corrected chi connectivity index (χ1v) is 12.1. The number of amides is 2. The summed E-state index contributed by atoms with van der Waals surface area (Å²) in [6, 6.07) is 13.6. The van der Waals surface area contributed by atoms with Gasteiger partial charge in [0.25, 0.3) is 0 Å². The number of nitrogens with one attached hydrogen (secondary N) is 2. The second-order valence-corrected chi connectivity index (χ2v) is 9.26. The maximum absolute atomic E-state index is 14.4. The number of aromatic nitrogens is 3. The van der Waals surface area contributed by atoms with Gasteiger partial charge in [-0.05, 0) is 36.1 Å². The number of likely N-dealkylation sites (tertiary alicyclic amines) is 1. The molecule has 8 nitrogen and oxygen atoms in total. The van der Waals surface area contributed by atoms with Crippen LogP contribution in [0.1, 0.15) is 54.9 Å². The number of rotatable bonds is 8. The van der Waals surface area contributed by atoms with Gasteiger partial charge in [-0.2, -0.15) is 0 Å². The third-order valence-electron chi connectivity index (χ3n) is 6.26. The van der Waals surface area contributed by atoms with E-state index in [4.69, 9.17) is 0 Å². The van der Waals surface area contributed by atoms with Gasteiger partial charge in [0.15, 0.2) is 0 Å². The molecule has 1 saturated heterocycles. The summed E-state index contributed by atoms with van der Waals surface area (Å²) in [7, 11) is 0. The van der Waals surface area contributed by atoms with Gasteiger partial charge in [0.1, 0.15) is 23.9 Å². The van der Waals surface area contributed by atoms with E-state index in [0.717, 1.165) is 11.1 Å². The Labute approximate surface area is 210 Å². The Morgan fingerprint density at radius 1 is 1.08 bits per heavy atom. The summed E-state index contributed by atoms with van der Waals surface area (Å²) in [5, 5.41) is 5.96. The first-order valence-electron chi connectivity index (χ1n) is 12.1. The van der Waals surface area contributed by atoms with Gasteiger partial charge < -0.3 is 15.5 Å². The molecule has 0 spiro atoms. The highest BCUT2D eigenvalue weighted by molar-refractivity contribution is 5.90. The molecule has 1 aromatic carbocycles. The number of benzene rings is 1. The summed E-state index contributed by atoms with van der Waals surface area (Å²) in [6.07, 6.45) is 2.08. The van der Waals surface area contributed by atoms with Crippen molar-refractivity contribution in [1.82, 2.24) is 25.2 Å². The van der Waals surface area contributed by atoms with E-state index < -0.39 is 24.2 Å². The molecule has 0 saturated carbocycles. The first kappa shape index (κ1) is 25.2. The number of carbonyl (C=O) groups excluding carboxylic acids is 2. The Balaban J connectivity index is 1.50. The van der Waals surface area contributed by atoms with Gasteiger partial charge in [0.2, 0.25) is 11.8 Å². The topological polar surface area (TPSA) is 100 Å². The zero-order valence-electron chi connectivity index (χ0n) is 20.7. The number of nitrogens with zero attached hydrogens (tertiary/aromatic N) is 4. The highest BCUT2D eigenvalue weighted by atomic mass is 19.1. The molecular weight excluding hydrogens is 459 g/mol. The van der Waals surface area contributed by atoms with Crippen LogP contribution in [0.15, 0.2) is 60.9 Å². The molecule has 1 aliphatic rings. The number of pyridine rings is 1. The summed E-state index contributed by atoms with van der Waals surface area (Å²) < 4.78 is 14.4. The third kappa shape index (κ3) is 6.02. The molecule has 3 heterocycles. The average Bonchev–Trinajstić information content (AvgIpc) is 3.28. The van der Waals surface area contributed by atoms with Crippen LogP contribution in [0.3, 0.4) is 0 Å². The largest absolute Gasteiger partial charge is 0.361 e. The van der Waals surface area contributed by atoms with Gasteiger partial charge in [0.05, 0.1) is 24.8 Å². The van der Waals surface area contributed by atoms with Crippen LogP contribution in [0.5, 0.6) is 0 Å². The third-order valence-corrected chi connectivity index (χ3v) is 6.26. The molecule has 2 aromatic heterocycles. The molecular formula is C27H31FN6O2. The maximum atomic E-state index is 14.4. The molecule has 0 bridgehead atoms. The molecule has 3 aromatic rings. The van der Waals surface area contributed by atoms with E-state index in [1.54, 1.807) is 19.2 Å². The van der Waals surface area contributed by atoms with Crippen molar-refractivity contribution in [3.63, 3.8) is 0 Å². The van der Waals surface area contributed by atoms with E-state index in [1.165, 1.54) is 4.90 Å². The van der Waals surface area contributed by atoms with Crippen LogP contribution in [0.2, 0.25) is 0 Å². The second-order valence-electron chi connectivity index (χ2n) is 9.26. The van der Waals surface area contributed by atoms with Crippen molar-refractivity contribution in [2.75, 3.05) is 18.4 Å². The van der Waals surface area contributed by atoms with Gasteiger partial charge in [0, 0.05) is 18.8 Å². The minimum absolute atomic E-state index is 0.0502. The van der Waals surface area contributed by atoms with Crippen molar-refractivity contribution < 1.29 is 14.0 Å². The molecule has 9 heteroatoms. The number of anilines is 1. The van der Waals surface area contributed by atoms with Gasteiger partial charge in [-0.15, -0.1) is 0 Å². The summed E-state index contributed by atoms with van der Waals surface area (Å²) >= 11 is 0. The SMILES string of the molecule is Cc1nccc(NCC(=O)N2C[C@H](F)C[C@H]2C(=O)N[C@@H](c2ccccc2)c2ccc(C(C)C)cn2)n1. The van der Waals surface area contributed by atoms with E-state index in [2.05, 4.69) is 39.4 Å². The minimum atomic E-state index is -1.27. The van der Waals surface area contributed by atoms with Crippen molar-refractivity contribution in [3.8, 4) is 0 Å². The zero-order chi connectivity index (χ0) is 25.7. The van der Waals surface area contributed by atoms with E-state index in [1.807, 2.05) is 48.7 Å². The predicted molar refractivity (Wildman–Crippen MR) is 135 cm³/mol. The van der Waals surface area contributed by atoms with Crippen molar-refractivity contribution in [1.29, 1.82) is 0 Å². The lowest BCUT2D eigenvalue weighted by Crippen LogP contribution is -2.48. The van der Waals surface area contributed by atoms with Crippen molar-refractivity contribution >= 4 is 17.6 Å². The second kappa shape index (κ2) is 11.2. The average molecular weight is 491 g/mol. The number of hydrogen-bond acceptors (Lipinski definition) is 6. The zero-order valence-corrected chi connectivity index (χ0v) is 20.7. The van der Waals surface area contributed by atoms with Crippen LogP contribution in [0.4, 0.5) is 10.2 Å². The molecule has 36 heavy (non-hydrogen) atoms. The van der Waals surface area contributed by atoms with Crippen LogP contribution in [0, 0.1) is 6.92 Å². The molecule has 188 valence electrons. The smallest absolute Gasteiger partial charge is 0.243 e. The number of carbonyl (C=O) groups is 2. The Morgan fingerprint density at radius 3 is 2.53 bits per heavy atom. The maximum Gasteiger partial charge on any atom is 0.243 e. The quantitative estimate of drug-likeness (QED) is 0.501. The van der Waals surface area contributed by atoms with Gasteiger partial charge in [-0.1, -0.05) is 50.2 Å². The van der Waals surface area contributed by atoms with Gasteiger partial charge in [-0.3, -0.25) is 14.6 Å². The summed E-state index contributed by atoms with van der Waals surface area (Å²) in [5.41, 5.74) is 2.62. The molecule has 2 N–H and O–H groups in total. The fourth-order valence-corrected chi connectivity index (χ4v) is 4.27. The van der Waals surface area contributed by atoms with Crippen molar-refractivity contribution in [2.24, 2.45) is 0 Å². The summed E-state index contributed by atoms with van der Waals surface area (Å²) in [6.45, 7) is 5.70. The Bertz CT molecular complexity index is 1190. The number of halogens is 1. The Hall–Kier alpha value is -3.88. The van der Waals surface area contributed by atoms with Crippen LogP contribution >= 0.6 is 0 Å². The molecule has 1 aliphatic heterocycles. The van der Waals surface area contributed by atoms with Crippen molar-refractivity contribution in [3.05, 3.63) is 83.6 Å². The Morgan fingerprint density at radius 2 is 1.86 bits per heavy atom. The van der Waals surface area contributed by atoms with Crippen molar-refractivity contribution in [2.45, 2.75) is 51.4 Å². The van der Waals surface area contributed by atoms with Crippen LogP contribution in [-0.4, -0.2) is 57.0 Å². The highest BCUT2D eigenvalue weighted by Gasteiger charge is 2.40. The molecule has 1 fully saturated rings. The van der Waals surface area contributed by atoms with E-state index in [9.17, 15) is 14.0 Å². The highest BCUT2D eigenvalue weighted by Crippen LogP contribution is 2.26. The lowest BCUT2D eigenvalue weighted by molar-refractivity contribution is -0.137. The summed E-state index contributed by atoms with van der Waals surface area (Å²) in [4.78, 5) is 40.5. The van der Waals surface area contributed by atoms with Crippen LogP contribution < -0.4 is 10.6 Å².